The monoisotopic (exact) mass is 377 g/mol. The maximum atomic E-state index is 15.8. The van der Waals surface area contributed by atoms with Crippen molar-refractivity contribution >= 4 is 11.8 Å². The zero-order chi connectivity index (χ0) is 19.2. The molecule has 0 spiro atoms. The fourth-order valence-corrected chi connectivity index (χ4v) is 3.66. The number of rotatable bonds is 3. The Labute approximate surface area is 161 Å². The smallest absolute Gasteiger partial charge is 0.396 e. The van der Waals surface area contributed by atoms with Gasteiger partial charge in [-0.05, 0) is 29.8 Å². The van der Waals surface area contributed by atoms with E-state index in [0.29, 0.717) is 17.0 Å². The van der Waals surface area contributed by atoms with Crippen LogP contribution in [-0.2, 0) is 4.74 Å². The molecule has 140 valence electrons. The van der Waals surface area contributed by atoms with E-state index in [1.54, 1.807) is 60.7 Å². The van der Waals surface area contributed by atoms with Gasteiger partial charge in [0.25, 0.3) is 0 Å². The summed E-state index contributed by atoms with van der Waals surface area (Å²) in [5.41, 5.74) is 1.73. The van der Waals surface area contributed by atoms with Crippen molar-refractivity contribution in [3.63, 3.8) is 0 Å². The van der Waals surface area contributed by atoms with E-state index in [2.05, 4.69) is 0 Å². The van der Waals surface area contributed by atoms with Crippen molar-refractivity contribution in [2.45, 2.75) is 18.1 Å². The Morgan fingerprint density at radius 2 is 1.46 bits per heavy atom. The van der Waals surface area contributed by atoms with Crippen LogP contribution in [0.1, 0.15) is 17.4 Å². The second-order valence-electron chi connectivity index (χ2n) is 6.77. The van der Waals surface area contributed by atoms with Crippen LogP contribution in [0.4, 0.5) is 14.5 Å². The van der Waals surface area contributed by atoms with Crippen LogP contribution in [0.2, 0.25) is 0 Å². The minimum atomic E-state index is -3.43. The number of hydrogen-bond donors (Lipinski definition) is 0. The van der Waals surface area contributed by atoms with E-state index in [1.165, 1.54) is 6.08 Å². The highest BCUT2D eigenvalue weighted by Gasteiger charge is 2.71. The fourth-order valence-electron chi connectivity index (χ4n) is 3.66. The van der Waals surface area contributed by atoms with E-state index < -0.39 is 18.1 Å². The van der Waals surface area contributed by atoms with E-state index >= 15 is 8.78 Å². The number of benzene rings is 3. The molecule has 0 N–H and O–H groups in total. The first kappa shape index (κ1) is 17.0. The fraction of sp³-hybridized carbons (Fsp3) is 0.130. The molecule has 2 heterocycles. The number of halogens is 2. The second-order valence-corrected chi connectivity index (χ2v) is 6.77. The molecular formula is C23H17F2NO2. The van der Waals surface area contributed by atoms with Gasteiger partial charge in [0, 0.05) is 11.3 Å². The highest BCUT2D eigenvalue weighted by molar-refractivity contribution is 5.58. The summed E-state index contributed by atoms with van der Waals surface area (Å²) in [5, 5.41) is 0. The van der Waals surface area contributed by atoms with Gasteiger partial charge in [0.2, 0.25) is 0 Å². The zero-order valence-electron chi connectivity index (χ0n) is 14.8. The quantitative estimate of drug-likeness (QED) is 0.553. The largest absolute Gasteiger partial charge is 0.450 e. The Kier molecular flexibility index (Phi) is 3.74. The molecule has 3 aromatic rings. The number of hydrogen-bond acceptors (Lipinski definition) is 3. The van der Waals surface area contributed by atoms with Crippen molar-refractivity contribution in [1.82, 2.24) is 0 Å². The number of nitrogens with zero attached hydrogens (tertiary/aromatic N) is 1. The Morgan fingerprint density at radius 1 is 0.821 bits per heavy atom. The van der Waals surface area contributed by atoms with Crippen molar-refractivity contribution < 1.29 is 18.3 Å². The van der Waals surface area contributed by atoms with Crippen molar-refractivity contribution in [2.75, 3.05) is 4.90 Å². The van der Waals surface area contributed by atoms with Crippen LogP contribution in [-0.4, -0.2) is 11.8 Å². The Bertz CT molecular complexity index is 1020. The van der Waals surface area contributed by atoms with Crippen LogP contribution in [0.3, 0.4) is 0 Å². The lowest BCUT2D eigenvalue weighted by Gasteiger charge is -2.33. The predicted molar refractivity (Wildman–Crippen MR) is 103 cm³/mol. The molecule has 0 amide bonds. The molecule has 5 rings (SSSR count). The standard InChI is InChI=1S/C23H17F2NO2/c24-23(25)22(16-15-17-9-3-1-4-10-17)27-20-14-8-7-13-19(20)21(28-22)26(23)18-11-5-2-6-12-18/h1-16,21H/b16-15+/t21-,22-/m0/s1. The van der Waals surface area contributed by atoms with Gasteiger partial charge >= 0.3 is 11.8 Å². The minimum absolute atomic E-state index is 0.368. The van der Waals surface area contributed by atoms with E-state index in [0.717, 1.165) is 10.5 Å². The van der Waals surface area contributed by atoms with Gasteiger partial charge in [-0.15, -0.1) is 0 Å². The molecule has 1 saturated heterocycles. The molecule has 1 fully saturated rings. The van der Waals surface area contributed by atoms with Gasteiger partial charge in [0.15, 0.2) is 6.23 Å². The molecule has 0 unspecified atom stereocenters. The second kappa shape index (κ2) is 6.17. The van der Waals surface area contributed by atoms with Crippen LogP contribution in [0.15, 0.2) is 91.0 Å². The highest BCUT2D eigenvalue weighted by atomic mass is 19.3. The molecule has 3 aromatic carbocycles. The molecule has 0 saturated carbocycles. The average Bonchev–Trinajstić information content (AvgIpc) is 2.91. The molecule has 28 heavy (non-hydrogen) atoms. The first-order valence-corrected chi connectivity index (χ1v) is 9.03. The minimum Gasteiger partial charge on any atom is -0.450 e. The van der Waals surface area contributed by atoms with E-state index in [9.17, 15) is 0 Å². The van der Waals surface area contributed by atoms with E-state index in [4.69, 9.17) is 9.47 Å². The van der Waals surface area contributed by atoms with Crippen molar-refractivity contribution in [2.24, 2.45) is 0 Å². The molecule has 0 aliphatic carbocycles. The molecular weight excluding hydrogens is 360 g/mol. The SMILES string of the molecule is FC1(F)N(c2ccccc2)[C@H]2O[C@]1(/C=C/c1ccccc1)Oc1ccccc12. The molecule has 0 aromatic heterocycles. The number of para-hydroxylation sites is 2. The third-order valence-corrected chi connectivity index (χ3v) is 5.02. The lowest BCUT2D eigenvalue weighted by molar-refractivity contribution is -0.239. The van der Waals surface area contributed by atoms with Crippen LogP contribution >= 0.6 is 0 Å². The van der Waals surface area contributed by atoms with Crippen molar-refractivity contribution in [3.8, 4) is 5.75 Å². The van der Waals surface area contributed by atoms with Gasteiger partial charge in [0.1, 0.15) is 5.75 Å². The zero-order valence-corrected chi connectivity index (χ0v) is 14.8. The summed E-state index contributed by atoms with van der Waals surface area (Å²) in [4.78, 5) is 0.994. The van der Waals surface area contributed by atoms with Gasteiger partial charge in [0.05, 0.1) is 0 Å². The summed E-state index contributed by atoms with van der Waals surface area (Å²) in [6, 6.07) is 21.4. The summed E-state index contributed by atoms with van der Waals surface area (Å²) < 4.78 is 43.3. The number of alkyl halides is 2. The van der Waals surface area contributed by atoms with E-state index in [-0.39, 0.29) is 0 Å². The Balaban J connectivity index is 1.66. The molecule has 5 heteroatoms. The summed E-state index contributed by atoms with van der Waals surface area (Å²) >= 11 is 0. The van der Waals surface area contributed by atoms with Gasteiger partial charge in [-0.1, -0.05) is 72.8 Å². The third kappa shape index (κ3) is 2.43. The summed E-state index contributed by atoms with van der Waals surface area (Å²) in [5.74, 6) is -1.83. The average molecular weight is 377 g/mol. The van der Waals surface area contributed by atoms with Crippen molar-refractivity contribution in [3.05, 3.63) is 102 Å². The maximum Gasteiger partial charge on any atom is 0.396 e. The first-order valence-electron chi connectivity index (χ1n) is 9.03. The van der Waals surface area contributed by atoms with Crippen LogP contribution in [0.5, 0.6) is 5.75 Å². The first-order chi connectivity index (χ1) is 13.6. The molecule has 2 atom stereocenters. The summed E-state index contributed by atoms with van der Waals surface area (Å²) in [6.07, 6.45) is 1.96. The lowest BCUT2D eigenvalue weighted by Crippen LogP contribution is -2.54. The van der Waals surface area contributed by atoms with Crippen LogP contribution in [0.25, 0.3) is 6.08 Å². The van der Waals surface area contributed by atoms with Crippen LogP contribution < -0.4 is 9.64 Å². The highest BCUT2D eigenvalue weighted by Crippen LogP contribution is 2.58. The third-order valence-electron chi connectivity index (χ3n) is 5.02. The predicted octanol–water partition coefficient (Wildman–Crippen LogP) is 5.62. The summed E-state index contributed by atoms with van der Waals surface area (Å²) in [6.45, 7) is 0. The summed E-state index contributed by atoms with van der Waals surface area (Å²) in [7, 11) is 0. The maximum absolute atomic E-state index is 15.8. The number of fused-ring (bicyclic) bond motifs is 4. The van der Waals surface area contributed by atoms with Gasteiger partial charge in [-0.2, -0.15) is 8.78 Å². The van der Waals surface area contributed by atoms with Crippen LogP contribution in [0, 0.1) is 0 Å². The number of ether oxygens (including phenoxy) is 2. The molecule has 2 aliphatic rings. The van der Waals surface area contributed by atoms with Crippen molar-refractivity contribution in [1.29, 1.82) is 0 Å². The van der Waals surface area contributed by atoms with Gasteiger partial charge < -0.3 is 9.47 Å². The molecule has 0 radical (unpaired) electrons. The van der Waals surface area contributed by atoms with Gasteiger partial charge in [-0.25, -0.2) is 0 Å². The molecule has 2 aliphatic heterocycles. The lowest BCUT2D eigenvalue weighted by atomic mass is 10.1. The molecule has 2 bridgehead atoms. The normalized spacial score (nSPS) is 24.8. The van der Waals surface area contributed by atoms with E-state index in [1.807, 2.05) is 30.3 Å². The Hall–Kier alpha value is -3.18. The topological polar surface area (TPSA) is 21.7 Å². The number of anilines is 1. The molecule has 3 nitrogen and oxygen atoms in total. The Morgan fingerprint density at radius 3 is 2.21 bits per heavy atom. The van der Waals surface area contributed by atoms with Gasteiger partial charge in [-0.3, -0.25) is 4.90 Å².